The Bertz CT molecular complexity index is 389. The summed E-state index contributed by atoms with van der Waals surface area (Å²) in [4.78, 5) is 3.92. The van der Waals surface area contributed by atoms with Crippen LogP contribution in [0.3, 0.4) is 0 Å². The normalized spacial score (nSPS) is 13.9. The molecule has 0 spiro atoms. The summed E-state index contributed by atoms with van der Waals surface area (Å²) in [5.74, 6) is 0.731. The number of aromatic nitrogens is 3. The zero-order valence-electron chi connectivity index (χ0n) is 9.05. The summed E-state index contributed by atoms with van der Waals surface area (Å²) in [6, 6.07) is 0. The summed E-state index contributed by atoms with van der Waals surface area (Å²) in [6.07, 6.45) is 2.68. The van der Waals surface area contributed by atoms with Crippen LogP contribution in [0.15, 0.2) is 6.33 Å². The number of nitrogens with one attached hydrogen (secondary N) is 2. The first kappa shape index (κ1) is 13.1. The molecule has 1 aromatic rings. The van der Waals surface area contributed by atoms with E-state index in [1.165, 1.54) is 13.3 Å². The number of H-pyrrole nitrogens is 1. The second-order valence-electron chi connectivity index (χ2n) is 3.47. The predicted octanol–water partition coefficient (Wildman–Crippen LogP) is -0.962. The number of nitrogens with zero attached hydrogens (tertiary/aromatic N) is 2. The van der Waals surface area contributed by atoms with E-state index in [2.05, 4.69) is 19.9 Å². The standard InChI is InChI=1S/C8H16N4O3S/c1-7(5-13)16(14,15)11-4-2-3-8-9-6-10-12-8/h6-7,11,13H,2-5H2,1H3,(H,9,10,12). The van der Waals surface area contributed by atoms with Crippen molar-refractivity contribution in [3.05, 3.63) is 12.2 Å². The van der Waals surface area contributed by atoms with E-state index in [1.807, 2.05) is 0 Å². The van der Waals surface area contributed by atoms with Gasteiger partial charge in [-0.1, -0.05) is 0 Å². The average molecular weight is 248 g/mol. The van der Waals surface area contributed by atoms with E-state index in [-0.39, 0.29) is 6.61 Å². The Labute approximate surface area is 94.3 Å². The van der Waals surface area contributed by atoms with Gasteiger partial charge in [0.05, 0.1) is 11.9 Å². The number of aliphatic hydroxyl groups is 1. The molecular weight excluding hydrogens is 232 g/mol. The summed E-state index contributed by atoms with van der Waals surface area (Å²) in [5.41, 5.74) is 0. The van der Waals surface area contributed by atoms with Crippen molar-refractivity contribution in [3.63, 3.8) is 0 Å². The highest BCUT2D eigenvalue weighted by atomic mass is 32.2. The van der Waals surface area contributed by atoms with Crippen LogP contribution >= 0.6 is 0 Å². The molecule has 1 atom stereocenters. The van der Waals surface area contributed by atoms with Gasteiger partial charge in [0, 0.05) is 13.0 Å². The Balaban J connectivity index is 2.25. The molecule has 0 saturated carbocycles. The van der Waals surface area contributed by atoms with Crippen LogP contribution in [0.2, 0.25) is 0 Å². The summed E-state index contributed by atoms with van der Waals surface area (Å²) in [5, 5.41) is 14.3. The van der Waals surface area contributed by atoms with E-state index in [0.29, 0.717) is 19.4 Å². The fourth-order valence-corrected chi connectivity index (χ4v) is 1.97. The molecule has 1 aromatic heterocycles. The number of hydrogen-bond acceptors (Lipinski definition) is 5. The molecule has 0 aliphatic rings. The summed E-state index contributed by atoms with van der Waals surface area (Å²) in [7, 11) is -3.40. The molecule has 3 N–H and O–H groups in total. The van der Waals surface area contributed by atoms with E-state index in [9.17, 15) is 8.42 Å². The van der Waals surface area contributed by atoms with Crippen molar-refractivity contribution in [1.82, 2.24) is 19.9 Å². The maximum Gasteiger partial charge on any atom is 0.216 e. The molecule has 0 radical (unpaired) electrons. The molecule has 0 aliphatic carbocycles. The summed E-state index contributed by atoms with van der Waals surface area (Å²) < 4.78 is 25.3. The molecule has 0 aliphatic heterocycles. The molecule has 16 heavy (non-hydrogen) atoms. The third-order valence-electron chi connectivity index (χ3n) is 2.15. The van der Waals surface area contributed by atoms with E-state index in [1.54, 1.807) is 0 Å². The van der Waals surface area contributed by atoms with Gasteiger partial charge in [-0.25, -0.2) is 18.1 Å². The number of aromatic amines is 1. The lowest BCUT2D eigenvalue weighted by molar-refractivity contribution is 0.295. The monoisotopic (exact) mass is 248 g/mol. The zero-order chi connectivity index (χ0) is 12.0. The molecule has 0 bridgehead atoms. The van der Waals surface area contributed by atoms with Crippen molar-refractivity contribution in [2.24, 2.45) is 0 Å². The largest absolute Gasteiger partial charge is 0.395 e. The van der Waals surface area contributed by atoms with Crippen molar-refractivity contribution in [2.75, 3.05) is 13.2 Å². The Hall–Kier alpha value is -0.990. The maximum absolute atomic E-state index is 11.4. The summed E-state index contributed by atoms with van der Waals surface area (Å²) in [6.45, 7) is 1.41. The van der Waals surface area contributed by atoms with Crippen LogP contribution in [0.5, 0.6) is 0 Å². The minimum atomic E-state index is -3.40. The molecule has 7 nitrogen and oxygen atoms in total. The number of hydrogen-bond donors (Lipinski definition) is 3. The van der Waals surface area contributed by atoms with Gasteiger partial charge in [0.2, 0.25) is 10.0 Å². The fourth-order valence-electron chi connectivity index (χ4n) is 1.06. The third kappa shape index (κ3) is 3.87. The van der Waals surface area contributed by atoms with Gasteiger partial charge >= 0.3 is 0 Å². The average Bonchev–Trinajstić information content (AvgIpc) is 2.76. The van der Waals surface area contributed by atoms with Crippen LogP contribution in [0.25, 0.3) is 0 Å². The Kier molecular flexibility index (Phi) is 4.84. The van der Waals surface area contributed by atoms with Crippen molar-refractivity contribution < 1.29 is 13.5 Å². The molecule has 0 fully saturated rings. The van der Waals surface area contributed by atoms with E-state index in [0.717, 1.165) is 5.82 Å². The molecule has 0 amide bonds. The molecule has 8 heteroatoms. The van der Waals surface area contributed by atoms with Gasteiger partial charge < -0.3 is 5.11 Å². The highest BCUT2D eigenvalue weighted by Crippen LogP contribution is 1.98. The van der Waals surface area contributed by atoms with Crippen LogP contribution in [0, 0.1) is 0 Å². The highest BCUT2D eigenvalue weighted by molar-refractivity contribution is 7.90. The second-order valence-corrected chi connectivity index (χ2v) is 5.65. The predicted molar refractivity (Wildman–Crippen MR) is 58.2 cm³/mol. The lowest BCUT2D eigenvalue weighted by atomic mass is 10.3. The minimum Gasteiger partial charge on any atom is -0.395 e. The number of aryl methyl sites for hydroxylation is 1. The SMILES string of the molecule is CC(CO)S(=O)(=O)NCCCc1ncn[nH]1. The van der Waals surface area contributed by atoms with Gasteiger partial charge in [-0.2, -0.15) is 5.10 Å². The van der Waals surface area contributed by atoms with Gasteiger partial charge in [0.25, 0.3) is 0 Å². The Morgan fingerprint density at radius 1 is 1.62 bits per heavy atom. The third-order valence-corrected chi connectivity index (χ3v) is 3.96. The lowest BCUT2D eigenvalue weighted by Crippen LogP contribution is -2.35. The quantitative estimate of drug-likeness (QED) is 0.538. The van der Waals surface area contributed by atoms with Crippen LogP contribution in [0.1, 0.15) is 19.2 Å². The van der Waals surface area contributed by atoms with Gasteiger partial charge in [-0.05, 0) is 13.3 Å². The molecule has 0 aromatic carbocycles. The Morgan fingerprint density at radius 3 is 2.94 bits per heavy atom. The van der Waals surface area contributed by atoms with Crippen LogP contribution < -0.4 is 4.72 Å². The van der Waals surface area contributed by atoms with Gasteiger partial charge in [-0.15, -0.1) is 0 Å². The number of aliphatic hydroxyl groups excluding tert-OH is 1. The fraction of sp³-hybridized carbons (Fsp3) is 0.750. The van der Waals surface area contributed by atoms with Gasteiger partial charge in [-0.3, -0.25) is 5.10 Å². The van der Waals surface area contributed by atoms with E-state index in [4.69, 9.17) is 5.11 Å². The summed E-state index contributed by atoms with van der Waals surface area (Å²) >= 11 is 0. The molecule has 1 heterocycles. The number of rotatable bonds is 7. The maximum atomic E-state index is 11.4. The minimum absolute atomic E-state index is 0.327. The second kappa shape index (κ2) is 5.92. The van der Waals surface area contributed by atoms with Crippen molar-refractivity contribution >= 4 is 10.0 Å². The first-order valence-corrected chi connectivity index (χ1v) is 6.54. The topological polar surface area (TPSA) is 108 Å². The first-order chi connectivity index (χ1) is 7.56. The smallest absolute Gasteiger partial charge is 0.216 e. The van der Waals surface area contributed by atoms with Crippen LogP contribution in [-0.4, -0.2) is 47.1 Å². The van der Waals surface area contributed by atoms with E-state index >= 15 is 0 Å². The molecular formula is C8H16N4O3S. The van der Waals surface area contributed by atoms with Crippen LogP contribution in [-0.2, 0) is 16.4 Å². The highest BCUT2D eigenvalue weighted by Gasteiger charge is 2.18. The van der Waals surface area contributed by atoms with Gasteiger partial charge in [0.15, 0.2) is 0 Å². The number of sulfonamides is 1. The first-order valence-electron chi connectivity index (χ1n) is 5.00. The van der Waals surface area contributed by atoms with E-state index < -0.39 is 15.3 Å². The molecule has 0 saturated heterocycles. The zero-order valence-corrected chi connectivity index (χ0v) is 9.87. The lowest BCUT2D eigenvalue weighted by Gasteiger charge is -2.10. The van der Waals surface area contributed by atoms with Gasteiger partial charge in [0.1, 0.15) is 12.2 Å². The molecule has 1 rings (SSSR count). The Morgan fingerprint density at radius 2 is 2.38 bits per heavy atom. The molecule has 92 valence electrons. The van der Waals surface area contributed by atoms with Crippen molar-refractivity contribution in [3.8, 4) is 0 Å². The van der Waals surface area contributed by atoms with Crippen molar-refractivity contribution in [2.45, 2.75) is 25.0 Å². The van der Waals surface area contributed by atoms with Crippen molar-refractivity contribution in [1.29, 1.82) is 0 Å². The van der Waals surface area contributed by atoms with Crippen LogP contribution in [0.4, 0.5) is 0 Å². The molecule has 1 unspecified atom stereocenters.